The lowest BCUT2D eigenvalue weighted by atomic mass is 10.1. The Morgan fingerprint density at radius 1 is 0.885 bits per heavy atom. The van der Waals surface area contributed by atoms with Gasteiger partial charge in [0.2, 0.25) is 0 Å². The second-order valence-corrected chi connectivity index (χ2v) is 5.28. The lowest BCUT2D eigenvalue weighted by molar-refractivity contribution is -0.150. The molecule has 0 saturated heterocycles. The summed E-state index contributed by atoms with van der Waals surface area (Å²) in [6.07, 6.45) is 0. The van der Waals surface area contributed by atoms with Gasteiger partial charge in [0.25, 0.3) is 11.8 Å². The molecule has 2 aromatic carbocycles. The summed E-state index contributed by atoms with van der Waals surface area (Å²) in [4.78, 5) is 46.3. The monoisotopic (exact) mass is 355 g/mol. The van der Waals surface area contributed by atoms with Gasteiger partial charge in [0.15, 0.2) is 19.0 Å². The molecule has 2 aromatic rings. The standard InChI is InChI=1S/C19H17NO6/c1-13(21)15-8-5-9-16(10-15)25-12-18(23)26-11-17(22)20-19(24)14-6-3-2-4-7-14/h2-10H,11-12H2,1H3,(H,20,22,24). The molecule has 2 amide bonds. The summed E-state index contributed by atoms with van der Waals surface area (Å²) in [5.41, 5.74) is 0.774. The second-order valence-electron chi connectivity index (χ2n) is 5.28. The van der Waals surface area contributed by atoms with Crippen LogP contribution in [0.25, 0.3) is 0 Å². The van der Waals surface area contributed by atoms with Crippen LogP contribution < -0.4 is 10.1 Å². The molecular weight excluding hydrogens is 338 g/mol. The zero-order valence-electron chi connectivity index (χ0n) is 14.1. The van der Waals surface area contributed by atoms with Gasteiger partial charge in [-0.3, -0.25) is 19.7 Å². The third kappa shape index (κ3) is 5.86. The van der Waals surface area contributed by atoms with Gasteiger partial charge in [-0.2, -0.15) is 0 Å². The second kappa shape index (κ2) is 9.12. The number of esters is 1. The van der Waals surface area contributed by atoms with Crippen LogP contribution in [0.2, 0.25) is 0 Å². The molecule has 2 rings (SSSR count). The van der Waals surface area contributed by atoms with Gasteiger partial charge in [-0.1, -0.05) is 30.3 Å². The molecule has 0 saturated carbocycles. The smallest absolute Gasteiger partial charge is 0.344 e. The Morgan fingerprint density at radius 3 is 2.27 bits per heavy atom. The molecule has 0 heterocycles. The van der Waals surface area contributed by atoms with Crippen molar-refractivity contribution in [3.05, 3.63) is 65.7 Å². The van der Waals surface area contributed by atoms with Crippen molar-refractivity contribution in [3.63, 3.8) is 0 Å². The predicted octanol–water partition coefficient (Wildman–Crippen LogP) is 1.77. The molecule has 134 valence electrons. The van der Waals surface area contributed by atoms with E-state index in [1.807, 2.05) is 0 Å². The summed E-state index contributed by atoms with van der Waals surface area (Å²) in [5, 5.41) is 2.11. The topological polar surface area (TPSA) is 98.8 Å². The largest absolute Gasteiger partial charge is 0.482 e. The van der Waals surface area contributed by atoms with E-state index >= 15 is 0 Å². The van der Waals surface area contributed by atoms with Crippen LogP contribution in [0.15, 0.2) is 54.6 Å². The number of benzene rings is 2. The van der Waals surface area contributed by atoms with E-state index in [0.29, 0.717) is 16.9 Å². The molecule has 0 aliphatic heterocycles. The maximum Gasteiger partial charge on any atom is 0.344 e. The Balaban J connectivity index is 1.74. The van der Waals surface area contributed by atoms with Gasteiger partial charge in [0.05, 0.1) is 0 Å². The van der Waals surface area contributed by atoms with Crippen LogP contribution in [0.1, 0.15) is 27.6 Å². The fourth-order valence-corrected chi connectivity index (χ4v) is 1.96. The van der Waals surface area contributed by atoms with E-state index in [4.69, 9.17) is 9.47 Å². The van der Waals surface area contributed by atoms with Crippen LogP contribution in [0.5, 0.6) is 5.75 Å². The Morgan fingerprint density at radius 2 is 1.58 bits per heavy atom. The highest BCUT2D eigenvalue weighted by atomic mass is 16.6. The van der Waals surface area contributed by atoms with Crippen LogP contribution in [0.4, 0.5) is 0 Å². The summed E-state index contributed by atoms with van der Waals surface area (Å²) in [7, 11) is 0. The predicted molar refractivity (Wildman–Crippen MR) is 91.8 cm³/mol. The fourth-order valence-electron chi connectivity index (χ4n) is 1.96. The normalized spacial score (nSPS) is 9.88. The van der Waals surface area contributed by atoms with Gasteiger partial charge in [0, 0.05) is 11.1 Å². The molecule has 0 atom stereocenters. The van der Waals surface area contributed by atoms with Crippen LogP contribution in [-0.2, 0) is 14.3 Å². The molecule has 0 aromatic heterocycles. The quantitative estimate of drug-likeness (QED) is 0.600. The number of Topliss-reactive ketones (excluding diaryl/α,β-unsaturated/α-hetero) is 1. The van der Waals surface area contributed by atoms with Crippen molar-refractivity contribution in [2.45, 2.75) is 6.92 Å². The Kier molecular flexibility index (Phi) is 6.61. The van der Waals surface area contributed by atoms with E-state index in [1.54, 1.807) is 48.5 Å². The van der Waals surface area contributed by atoms with Crippen molar-refractivity contribution in [2.75, 3.05) is 13.2 Å². The lowest BCUT2D eigenvalue weighted by Crippen LogP contribution is -2.34. The molecule has 0 spiro atoms. The number of hydrogen-bond acceptors (Lipinski definition) is 6. The molecule has 0 aliphatic rings. The summed E-state index contributed by atoms with van der Waals surface area (Å²) in [6, 6.07) is 14.5. The molecule has 0 aliphatic carbocycles. The van der Waals surface area contributed by atoms with E-state index in [-0.39, 0.29) is 5.78 Å². The Labute approximate surface area is 149 Å². The third-order valence-corrected chi connectivity index (χ3v) is 3.25. The summed E-state index contributed by atoms with van der Waals surface area (Å²) >= 11 is 0. The fraction of sp³-hybridized carbons (Fsp3) is 0.158. The van der Waals surface area contributed by atoms with Crippen molar-refractivity contribution < 1.29 is 28.7 Å². The average Bonchev–Trinajstić information content (AvgIpc) is 2.65. The molecule has 0 bridgehead atoms. The third-order valence-electron chi connectivity index (χ3n) is 3.25. The Hall–Kier alpha value is -3.48. The number of ether oxygens (including phenoxy) is 2. The number of carbonyl (C=O) groups is 4. The minimum Gasteiger partial charge on any atom is -0.482 e. The number of nitrogens with one attached hydrogen (secondary N) is 1. The molecule has 0 fully saturated rings. The SMILES string of the molecule is CC(=O)c1cccc(OCC(=O)OCC(=O)NC(=O)c2ccccc2)c1. The van der Waals surface area contributed by atoms with Crippen LogP contribution >= 0.6 is 0 Å². The lowest BCUT2D eigenvalue weighted by Gasteiger charge is -2.08. The number of imide groups is 1. The minimum atomic E-state index is -0.777. The first-order valence-corrected chi connectivity index (χ1v) is 7.74. The zero-order chi connectivity index (χ0) is 18.9. The zero-order valence-corrected chi connectivity index (χ0v) is 14.1. The molecule has 0 unspecified atom stereocenters. The summed E-state index contributed by atoms with van der Waals surface area (Å²) in [5.74, 6) is -1.90. The van der Waals surface area contributed by atoms with Gasteiger partial charge in [-0.05, 0) is 31.2 Å². The van der Waals surface area contributed by atoms with Crippen molar-refractivity contribution in [1.82, 2.24) is 5.32 Å². The van der Waals surface area contributed by atoms with Gasteiger partial charge < -0.3 is 9.47 Å². The van der Waals surface area contributed by atoms with E-state index in [1.165, 1.54) is 13.0 Å². The highest BCUT2D eigenvalue weighted by Crippen LogP contribution is 2.13. The number of amides is 2. The summed E-state index contributed by atoms with van der Waals surface area (Å²) in [6.45, 7) is 0.387. The van der Waals surface area contributed by atoms with Crippen LogP contribution in [0, 0.1) is 0 Å². The van der Waals surface area contributed by atoms with Crippen molar-refractivity contribution in [1.29, 1.82) is 0 Å². The minimum absolute atomic E-state index is 0.127. The first-order valence-electron chi connectivity index (χ1n) is 7.74. The maximum absolute atomic E-state index is 11.8. The number of hydrogen-bond donors (Lipinski definition) is 1. The van der Waals surface area contributed by atoms with Crippen molar-refractivity contribution in [3.8, 4) is 5.75 Å². The van der Waals surface area contributed by atoms with E-state index < -0.39 is 31.0 Å². The van der Waals surface area contributed by atoms with Crippen molar-refractivity contribution in [2.24, 2.45) is 0 Å². The first-order chi connectivity index (χ1) is 12.5. The van der Waals surface area contributed by atoms with Gasteiger partial charge in [0.1, 0.15) is 5.75 Å². The molecule has 7 heteroatoms. The molecule has 7 nitrogen and oxygen atoms in total. The summed E-state index contributed by atoms with van der Waals surface area (Å²) < 4.78 is 9.96. The first kappa shape index (κ1) is 18.9. The van der Waals surface area contributed by atoms with Gasteiger partial charge >= 0.3 is 5.97 Å². The van der Waals surface area contributed by atoms with E-state index in [0.717, 1.165) is 0 Å². The van der Waals surface area contributed by atoms with Crippen LogP contribution in [0.3, 0.4) is 0 Å². The Bertz CT molecular complexity index is 816. The van der Waals surface area contributed by atoms with E-state index in [2.05, 4.69) is 5.32 Å². The molecule has 26 heavy (non-hydrogen) atoms. The number of ketones is 1. The maximum atomic E-state index is 11.8. The average molecular weight is 355 g/mol. The highest BCUT2D eigenvalue weighted by Gasteiger charge is 2.13. The number of carbonyl (C=O) groups excluding carboxylic acids is 4. The number of rotatable bonds is 7. The highest BCUT2D eigenvalue weighted by molar-refractivity contribution is 6.05. The van der Waals surface area contributed by atoms with Crippen LogP contribution in [-0.4, -0.2) is 36.8 Å². The molecule has 1 N–H and O–H groups in total. The van der Waals surface area contributed by atoms with E-state index in [9.17, 15) is 19.2 Å². The van der Waals surface area contributed by atoms with Crippen molar-refractivity contribution >= 4 is 23.6 Å². The molecule has 0 radical (unpaired) electrons. The van der Waals surface area contributed by atoms with Gasteiger partial charge in [-0.15, -0.1) is 0 Å². The van der Waals surface area contributed by atoms with Gasteiger partial charge in [-0.25, -0.2) is 4.79 Å². The molecular formula is C19H17NO6.